The summed E-state index contributed by atoms with van der Waals surface area (Å²) >= 11 is 6.92. The molecule has 3 amide bonds. The van der Waals surface area contributed by atoms with Crippen molar-refractivity contribution in [3.05, 3.63) is 39.8 Å². The standard InChI is InChI=1S/C19H21ClN2O4S/c20-15-7-2-1-5-13(15)11-16-18(25)22(19(26)27-16)12-17(24)21-9-4-3-6-14(21)8-10-23/h1-2,5,7,11,14,23H,3-4,6,8-10,12H2. The lowest BCUT2D eigenvalue weighted by molar-refractivity contribution is -0.139. The van der Waals surface area contributed by atoms with Gasteiger partial charge in [0.2, 0.25) is 5.91 Å². The van der Waals surface area contributed by atoms with Crippen molar-refractivity contribution in [3.63, 3.8) is 0 Å². The molecule has 8 heteroatoms. The van der Waals surface area contributed by atoms with Crippen LogP contribution in [0, 0.1) is 0 Å². The first-order valence-corrected chi connectivity index (χ1v) is 10.1. The van der Waals surface area contributed by atoms with Crippen molar-refractivity contribution in [2.24, 2.45) is 0 Å². The Morgan fingerprint density at radius 3 is 2.81 bits per heavy atom. The SMILES string of the molecule is O=C1SC(=Cc2ccccc2Cl)C(=O)N1CC(=O)N1CCCCC1CCO. The Balaban J connectivity index is 1.72. The minimum absolute atomic E-state index is 0.0105. The number of amides is 3. The average molecular weight is 409 g/mol. The number of aliphatic hydroxyl groups is 1. The van der Waals surface area contributed by atoms with Gasteiger partial charge in [-0.2, -0.15) is 0 Å². The van der Waals surface area contributed by atoms with Crippen LogP contribution in [0.2, 0.25) is 5.02 Å². The predicted octanol–water partition coefficient (Wildman–Crippen LogP) is 3.14. The number of piperidine rings is 1. The number of likely N-dealkylation sites (tertiary alicyclic amines) is 1. The van der Waals surface area contributed by atoms with Gasteiger partial charge in [-0.15, -0.1) is 0 Å². The highest BCUT2D eigenvalue weighted by Gasteiger charge is 2.38. The monoisotopic (exact) mass is 408 g/mol. The summed E-state index contributed by atoms with van der Waals surface area (Å²) in [7, 11) is 0. The van der Waals surface area contributed by atoms with E-state index in [2.05, 4.69) is 0 Å². The van der Waals surface area contributed by atoms with Gasteiger partial charge in [0, 0.05) is 24.2 Å². The molecule has 144 valence electrons. The molecule has 3 rings (SSSR count). The lowest BCUT2D eigenvalue weighted by Crippen LogP contribution is -2.49. The number of halogens is 1. The molecule has 1 atom stereocenters. The molecule has 2 heterocycles. The number of nitrogens with zero attached hydrogens (tertiary/aromatic N) is 2. The van der Waals surface area contributed by atoms with Crippen molar-refractivity contribution in [1.82, 2.24) is 9.80 Å². The van der Waals surface area contributed by atoms with Gasteiger partial charge < -0.3 is 10.0 Å². The number of hydrogen-bond acceptors (Lipinski definition) is 5. The van der Waals surface area contributed by atoms with Crippen LogP contribution in [0.5, 0.6) is 0 Å². The number of carbonyl (C=O) groups is 3. The van der Waals surface area contributed by atoms with Crippen molar-refractivity contribution in [2.75, 3.05) is 19.7 Å². The quantitative estimate of drug-likeness (QED) is 0.757. The van der Waals surface area contributed by atoms with Crippen molar-refractivity contribution in [3.8, 4) is 0 Å². The van der Waals surface area contributed by atoms with Crippen molar-refractivity contribution in [1.29, 1.82) is 0 Å². The number of hydrogen-bond donors (Lipinski definition) is 1. The molecule has 6 nitrogen and oxygen atoms in total. The molecule has 1 unspecified atom stereocenters. The smallest absolute Gasteiger partial charge is 0.294 e. The molecule has 0 radical (unpaired) electrons. The second kappa shape index (κ2) is 8.91. The fourth-order valence-corrected chi connectivity index (χ4v) is 4.39. The van der Waals surface area contributed by atoms with Gasteiger partial charge in [0.1, 0.15) is 6.54 Å². The summed E-state index contributed by atoms with van der Waals surface area (Å²) in [5.41, 5.74) is 0.648. The van der Waals surface area contributed by atoms with E-state index >= 15 is 0 Å². The van der Waals surface area contributed by atoms with E-state index in [1.807, 2.05) is 0 Å². The van der Waals surface area contributed by atoms with E-state index in [1.165, 1.54) is 0 Å². The van der Waals surface area contributed by atoms with Crippen LogP contribution in [0.15, 0.2) is 29.2 Å². The zero-order valence-electron chi connectivity index (χ0n) is 14.8. The van der Waals surface area contributed by atoms with Crippen LogP contribution in [0.4, 0.5) is 4.79 Å². The van der Waals surface area contributed by atoms with Crippen LogP contribution in [-0.2, 0) is 9.59 Å². The van der Waals surface area contributed by atoms with Crippen LogP contribution < -0.4 is 0 Å². The summed E-state index contributed by atoms with van der Waals surface area (Å²) < 4.78 is 0. The second-order valence-corrected chi connectivity index (χ2v) is 7.94. The molecule has 27 heavy (non-hydrogen) atoms. The highest BCUT2D eigenvalue weighted by Crippen LogP contribution is 2.33. The number of benzene rings is 1. The van der Waals surface area contributed by atoms with Gasteiger partial charge in [-0.3, -0.25) is 19.3 Å². The molecule has 2 fully saturated rings. The zero-order chi connectivity index (χ0) is 19.4. The van der Waals surface area contributed by atoms with E-state index in [0.717, 1.165) is 35.9 Å². The highest BCUT2D eigenvalue weighted by molar-refractivity contribution is 8.18. The van der Waals surface area contributed by atoms with Crippen molar-refractivity contribution < 1.29 is 19.5 Å². The summed E-state index contributed by atoms with van der Waals surface area (Å²) in [6, 6.07) is 7.01. The molecular formula is C19H21ClN2O4S. The third-order valence-corrected chi connectivity index (χ3v) is 6.02. The Labute approximate surface area is 167 Å². The maximum absolute atomic E-state index is 12.7. The first-order chi connectivity index (χ1) is 13.0. The first kappa shape index (κ1) is 19.9. The Morgan fingerprint density at radius 2 is 2.07 bits per heavy atom. The largest absolute Gasteiger partial charge is 0.396 e. The van der Waals surface area contributed by atoms with Gasteiger partial charge in [0.15, 0.2) is 0 Å². The van der Waals surface area contributed by atoms with Gasteiger partial charge >= 0.3 is 0 Å². The molecule has 0 aliphatic carbocycles. The van der Waals surface area contributed by atoms with E-state index < -0.39 is 11.1 Å². The summed E-state index contributed by atoms with van der Waals surface area (Å²) in [6.07, 6.45) is 4.83. The van der Waals surface area contributed by atoms with Crippen LogP contribution >= 0.6 is 23.4 Å². The molecule has 0 saturated carbocycles. The van der Waals surface area contributed by atoms with Gasteiger partial charge in [0.05, 0.1) is 4.91 Å². The summed E-state index contributed by atoms with van der Waals surface area (Å²) in [6.45, 7) is 0.332. The lowest BCUT2D eigenvalue weighted by atomic mass is 9.99. The van der Waals surface area contributed by atoms with E-state index in [9.17, 15) is 19.5 Å². The number of aliphatic hydroxyl groups excluding tert-OH is 1. The molecule has 1 N–H and O–H groups in total. The fraction of sp³-hybridized carbons (Fsp3) is 0.421. The third-order valence-electron chi connectivity index (χ3n) is 4.77. The summed E-state index contributed by atoms with van der Waals surface area (Å²) in [5.74, 6) is -0.733. The van der Waals surface area contributed by atoms with Gasteiger partial charge in [-0.05, 0) is 55.2 Å². The molecule has 2 aliphatic rings. The van der Waals surface area contributed by atoms with E-state index in [0.29, 0.717) is 23.6 Å². The van der Waals surface area contributed by atoms with Crippen LogP contribution in [0.25, 0.3) is 6.08 Å². The summed E-state index contributed by atoms with van der Waals surface area (Å²) in [4.78, 5) is 40.5. The second-order valence-electron chi connectivity index (χ2n) is 6.54. The number of imide groups is 1. The molecule has 1 aromatic carbocycles. The predicted molar refractivity (Wildman–Crippen MR) is 105 cm³/mol. The van der Waals surface area contributed by atoms with Gasteiger partial charge in [-0.25, -0.2) is 0 Å². The average Bonchev–Trinajstić information content (AvgIpc) is 2.92. The van der Waals surface area contributed by atoms with Crippen LogP contribution in [0.3, 0.4) is 0 Å². The normalized spacial score (nSPS) is 22.0. The van der Waals surface area contributed by atoms with Gasteiger partial charge in [-0.1, -0.05) is 29.8 Å². The van der Waals surface area contributed by atoms with Crippen LogP contribution in [-0.4, -0.2) is 57.7 Å². The zero-order valence-corrected chi connectivity index (χ0v) is 16.3. The minimum Gasteiger partial charge on any atom is -0.396 e. The summed E-state index contributed by atoms with van der Waals surface area (Å²) in [5, 5.41) is 9.24. The first-order valence-electron chi connectivity index (χ1n) is 8.91. The molecule has 0 bridgehead atoms. The number of thioether (sulfide) groups is 1. The molecule has 2 saturated heterocycles. The Hall–Kier alpha value is -1.83. The number of rotatable bonds is 5. The fourth-order valence-electron chi connectivity index (χ4n) is 3.37. The molecule has 1 aromatic rings. The maximum atomic E-state index is 12.7. The Morgan fingerprint density at radius 1 is 1.30 bits per heavy atom. The maximum Gasteiger partial charge on any atom is 0.294 e. The van der Waals surface area contributed by atoms with E-state index in [1.54, 1.807) is 35.2 Å². The van der Waals surface area contributed by atoms with Gasteiger partial charge in [0.25, 0.3) is 11.1 Å². The Bertz CT molecular complexity index is 781. The molecule has 0 spiro atoms. The number of carbonyl (C=O) groups excluding carboxylic acids is 3. The van der Waals surface area contributed by atoms with Crippen LogP contribution in [0.1, 0.15) is 31.2 Å². The third kappa shape index (κ3) is 4.54. The topological polar surface area (TPSA) is 77.9 Å². The Kier molecular flexibility index (Phi) is 6.57. The highest BCUT2D eigenvalue weighted by atomic mass is 35.5. The van der Waals surface area contributed by atoms with E-state index in [4.69, 9.17) is 11.6 Å². The molecular weight excluding hydrogens is 388 g/mol. The molecule has 0 aromatic heterocycles. The lowest BCUT2D eigenvalue weighted by Gasteiger charge is -2.36. The van der Waals surface area contributed by atoms with Crippen molar-refractivity contribution in [2.45, 2.75) is 31.7 Å². The molecule has 2 aliphatic heterocycles. The minimum atomic E-state index is -0.478. The van der Waals surface area contributed by atoms with Crippen molar-refractivity contribution >= 4 is 46.5 Å². The van der Waals surface area contributed by atoms with E-state index in [-0.39, 0.29) is 30.0 Å².